The van der Waals surface area contributed by atoms with Gasteiger partial charge < -0.3 is 5.32 Å². The molecule has 0 atom stereocenters. The highest BCUT2D eigenvalue weighted by atomic mass is 16.1. The fourth-order valence-electron chi connectivity index (χ4n) is 3.40. The molecule has 0 spiro atoms. The van der Waals surface area contributed by atoms with E-state index in [1.54, 1.807) is 6.08 Å². The van der Waals surface area contributed by atoms with Gasteiger partial charge in [-0.05, 0) is 57.8 Å². The molecule has 3 heteroatoms. The highest BCUT2D eigenvalue weighted by molar-refractivity contribution is 6.14. The Hall–Kier alpha value is -3.90. The molecule has 0 aliphatic heterocycles. The molecule has 0 saturated heterocycles. The number of fused-ring (bicyclic) bond motifs is 2. The minimum absolute atomic E-state index is 0.0739. The third kappa shape index (κ3) is 3.24. The van der Waals surface area contributed by atoms with Crippen molar-refractivity contribution < 1.29 is 4.79 Å². The molecule has 4 aromatic rings. The van der Waals surface area contributed by atoms with Crippen molar-refractivity contribution in [2.75, 3.05) is 5.32 Å². The van der Waals surface area contributed by atoms with E-state index in [-0.39, 0.29) is 5.57 Å². The van der Waals surface area contributed by atoms with Gasteiger partial charge in [0.25, 0.3) is 5.91 Å². The normalized spacial score (nSPS) is 11.4. The van der Waals surface area contributed by atoms with Crippen LogP contribution in [0.2, 0.25) is 0 Å². The Labute approximate surface area is 163 Å². The summed E-state index contributed by atoms with van der Waals surface area (Å²) < 4.78 is 0. The molecule has 0 bridgehead atoms. The molecule has 28 heavy (non-hydrogen) atoms. The van der Waals surface area contributed by atoms with E-state index in [9.17, 15) is 10.1 Å². The van der Waals surface area contributed by atoms with Crippen LogP contribution >= 0.6 is 0 Å². The molecule has 0 saturated carbocycles. The number of carbonyl (C=O) groups is 1. The molecule has 134 valence electrons. The largest absolute Gasteiger partial charge is 0.321 e. The first-order valence-electron chi connectivity index (χ1n) is 9.06. The van der Waals surface area contributed by atoms with E-state index >= 15 is 0 Å². The van der Waals surface area contributed by atoms with Gasteiger partial charge in [-0.1, -0.05) is 66.7 Å². The Morgan fingerprint density at radius 2 is 1.46 bits per heavy atom. The van der Waals surface area contributed by atoms with Crippen LogP contribution in [0.15, 0.2) is 84.4 Å². The molecule has 0 aliphatic rings. The molecular weight excluding hydrogens is 344 g/mol. The van der Waals surface area contributed by atoms with Gasteiger partial charge in [-0.25, -0.2) is 0 Å². The van der Waals surface area contributed by atoms with Crippen LogP contribution in [-0.4, -0.2) is 5.91 Å². The molecule has 0 aliphatic carbocycles. The summed E-state index contributed by atoms with van der Waals surface area (Å²) in [5.74, 6) is -0.409. The second-order valence-corrected chi connectivity index (χ2v) is 6.67. The van der Waals surface area contributed by atoms with Crippen molar-refractivity contribution in [3.8, 4) is 6.07 Å². The molecule has 1 N–H and O–H groups in total. The fraction of sp³-hybridized carbons (Fsp3) is 0.0400. The maximum absolute atomic E-state index is 12.8. The van der Waals surface area contributed by atoms with Crippen LogP contribution in [-0.2, 0) is 4.79 Å². The van der Waals surface area contributed by atoms with Crippen LogP contribution in [0.3, 0.4) is 0 Å². The predicted molar refractivity (Wildman–Crippen MR) is 115 cm³/mol. The maximum atomic E-state index is 12.8. The number of nitriles is 1. The van der Waals surface area contributed by atoms with Gasteiger partial charge in [0.2, 0.25) is 0 Å². The number of rotatable bonds is 3. The summed E-state index contributed by atoms with van der Waals surface area (Å²) in [7, 11) is 0. The first-order chi connectivity index (χ1) is 13.7. The van der Waals surface area contributed by atoms with E-state index < -0.39 is 5.91 Å². The summed E-state index contributed by atoms with van der Waals surface area (Å²) in [5.41, 5.74) is 2.61. The number of hydrogen-bond acceptors (Lipinski definition) is 2. The van der Waals surface area contributed by atoms with Gasteiger partial charge in [0.1, 0.15) is 11.6 Å². The van der Waals surface area contributed by atoms with E-state index in [1.807, 2.05) is 79.7 Å². The maximum Gasteiger partial charge on any atom is 0.266 e. The van der Waals surface area contributed by atoms with E-state index in [2.05, 4.69) is 17.5 Å². The predicted octanol–water partition coefficient (Wildman–Crippen LogP) is 5.85. The molecule has 3 nitrogen and oxygen atoms in total. The molecule has 4 rings (SSSR count). The van der Waals surface area contributed by atoms with Crippen LogP contribution in [0.4, 0.5) is 5.69 Å². The zero-order chi connectivity index (χ0) is 19.5. The van der Waals surface area contributed by atoms with Gasteiger partial charge in [-0.15, -0.1) is 0 Å². The van der Waals surface area contributed by atoms with Crippen LogP contribution in [0.1, 0.15) is 11.1 Å². The smallest absolute Gasteiger partial charge is 0.266 e. The van der Waals surface area contributed by atoms with Crippen molar-refractivity contribution in [2.24, 2.45) is 0 Å². The number of anilines is 1. The molecule has 4 aromatic carbocycles. The summed E-state index contributed by atoms with van der Waals surface area (Å²) >= 11 is 0. The number of benzene rings is 4. The quantitative estimate of drug-likeness (QED) is 0.282. The summed E-state index contributed by atoms with van der Waals surface area (Å²) in [6.07, 6.45) is 1.69. The number of nitrogens with one attached hydrogen (secondary N) is 1. The number of hydrogen-bond donors (Lipinski definition) is 1. The molecule has 0 radical (unpaired) electrons. The standard InChI is InChI=1S/C25H18N2O/c1-17-8-2-7-13-24(17)27-25(28)20(16-26)15-23-21-11-5-3-9-18(21)14-19-10-4-6-12-22(19)23/h2-15H,1H3,(H,27,28)/b20-15-. The number of aryl methyl sites for hydroxylation is 1. The summed E-state index contributed by atoms with van der Waals surface area (Å²) in [5, 5.41) is 16.7. The third-order valence-corrected chi connectivity index (χ3v) is 4.86. The van der Waals surface area contributed by atoms with Crippen molar-refractivity contribution in [1.29, 1.82) is 5.26 Å². The molecule has 0 heterocycles. The highest BCUT2D eigenvalue weighted by Crippen LogP contribution is 2.30. The molecular formula is C25H18N2O. The Morgan fingerprint density at radius 3 is 2.07 bits per heavy atom. The first-order valence-corrected chi connectivity index (χ1v) is 9.06. The number of amides is 1. The zero-order valence-electron chi connectivity index (χ0n) is 15.4. The Kier molecular flexibility index (Phi) is 4.62. The molecule has 1 amide bonds. The lowest BCUT2D eigenvalue weighted by atomic mass is 9.95. The highest BCUT2D eigenvalue weighted by Gasteiger charge is 2.13. The van der Waals surface area contributed by atoms with Gasteiger partial charge in [-0.2, -0.15) is 5.26 Å². The Balaban J connectivity index is 1.86. The van der Waals surface area contributed by atoms with Crippen molar-refractivity contribution in [3.63, 3.8) is 0 Å². The third-order valence-electron chi connectivity index (χ3n) is 4.86. The number of nitrogens with zero attached hydrogens (tertiary/aromatic N) is 1. The zero-order valence-corrected chi connectivity index (χ0v) is 15.4. The number of para-hydroxylation sites is 1. The second kappa shape index (κ2) is 7.38. The van der Waals surface area contributed by atoms with Crippen LogP contribution in [0, 0.1) is 18.3 Å². The van der Waals surface area contributed by atoms with E-state index in [0.29, 0.717) is 5.69 Å². The minimum Gasteiger partial charge on any atom is -0.321 e. The van der Waals surface area contributed by atoms with Crippen LogP contribution < -0.4 is 5.32 Å². The lowest BCUT2D eigenvalue weighted by Crippen LogP contribution is -2.14. The number of carbonyl (C=O) groups excluding carboxylic acids is 1. The van der Waals surface area contributed by atoms with E-state index in [1.165, 1.54) is 0 Å². The molecule has 0 aromatic heterocycles. The monoisotopic (exact) mass is 362 g/mol. The lowest BCUT2D eigenvalue weighted by molar-refractivity contribution is -0.112. The Bertz CT molecular complexity index is 1220. The minimum atomic E-state index is -0.409. The van der Waals surface area contributed by atoms with E-state index in [4.69, 9.17) is 0 Å². The Morgan fingerprint density at radius 1 is 0.893 bits per heavy atom. The van der Waals surface area contributed by atoms with Crippen molar-refractivity contribution in [3.05, 3.63) is 95.6 Å². The van der Waals surface area contributed by atoms with Crippen molar-refractivity contribution >= 4 is 39.2 Å². The van der Waals surface area contributed by atoms with Gasteiger partial charge in [-0.3, -0.25) is 4.79 Å². The topological polar surface area (TPSA) is 52.9 Å². The summed E-state index contributed by atoms with van der Waals surface area (Å²) in [6.45, 7) is 1.92. The SMILES string of the molecule is Cc1ccccc1NC(=O)/C(C#N)=C\c1c2ccccc2cc2ccccc12. The first kappa shape index (κ1) is 17.5. The average Bonchev–Trinajstić information content (AvgIpc) is 2.72. The van der Waals surface area contributed by atoms with E-state index in [0.717, 1.165) is 32.7 Å². The summed E-state index contributed by atoms with van der Waals surface area (Å²) in [4.78, 5) is 12.8. The van der Waals surface area contributed by atoms with Crippen molar-refractivity contribution in [1.82, 2.24) is 0 Å². The lowest BCUT2D eigenvalue weighted by Gasteiger charge is -2.10. The summed E-state index contributed by atoms with van der Waals surface area (Å²) in [6, 6.07) is 27.7. The van der Waals surface area contributed by atoms with Gasteiger partial charge in [0, 0.05) is 5.69 Å². The molecule has 0 fully saturated rings. The van der Waals surface area contributed by atoms with Crippen LogP contribution in [0.5, 0.6) is 0 Å². The molecule has 0 unspecified atom stereocenters. The van der Waals surface area contributed by atoms with Gasteiger partial charge >= 0.3 is 0 Å². The van der Waals surface area contributed by atoms with Gasteiger partial charge in [0.05, 0.1) is 0 Å². The van der Waals surface area contributed by atoms with Crippen LogP contribution in [0.25, 0.3) is 27.6 Å². The van der Waals surface area contributed by atoms with Gasteiger partial charge in [0.15, 0.2) is 0 Å². The second-order valence-electron chi connectivity index (χ2n) is 6.67. The average molecular weight is 362 g/mol. The van der Waals surface area contributed by atoms with Crippen molar-refractivity contribution in [2.45, 2.75) is 6.92 Å². The fourth-order valence-corrected chi connectivity index (χ4v) is 3.40.